The van der Waals surface area contributed by atoms with Gasteiger partial charge in [-0.25, -0.2) is 8.78 Å². The Bertz CT molecular complexity index is 1280. The predicted octanol–water partition coefficient (Wildman–Crippen LogP) is 5.99. The molecule has 0 aliphatic heterocycles. The first-order valence-electron chi connectivity index (χ1n) is 9.63. The normalized spacial score (nSPS) is 11.9. The van der Waals surface area contributed by atoms with Crippen molar-refractivity contribution in [2.45, 2.75) is 17.3 Å². The number of hydrogen-bond acceptors (Lipinski definition) is 4. The zero-order chi connectivity index (χ0) is 22.7. The van der Waals surface area contributed by atoms with Crippen LogP contribution in [0.5, 0.6) is 0 Å². The van der Waals surface area contributed by atoms with Gasteiger partial charge in [0, 0.05) is 5.56 Å². The number of halogens is 3. The van der Waals surface area contributed by atoms with Gasteiger partial charge in [0.15, 0.2) is 11.0 Å². The quantitative estimate of drug-likeness (QED) is 0.352. The molecule has 0 fully saturated rings. The number of rotatable bonds is 6. The molecule has 9 heteroatoms. The number of para-hydroxylation sites is 2. The lowest BCUT2D eigenvalue weighted by Gasteiger charge is -2.15. The topological polar surface area (TPSA) is 59.8 Å². The van der Waals surface area contributed by atoms with Gasteiger partial charge in [0.25, 0.3) is 0 Å². The minimum absolute atomic E-state index is 0.0808. The van der Waals surface area contributed by atoms with Crippen LogP contribution >= 0.6 is 23.4 Å². The lowest BCUT2D eigenvalue weighted by atomic mass is 10.2. The average Bonchev–Trinajstić information content (AvgIpc) is 3.19. The van der Waals surface area contributed by atoms with Crippen molar-refractivity contribution in [1.29, 1.82) is 0 Å². The van der Waals surface area contributed by atoms with E-state index >= 15 is 0 Å². The highest BCUT2D eigenvalue weighted by atomic mass is 35.5. The smallest absolute Gasteiger partial charge is 0.237 e. The number of carbonyl (C=O) groups excluding carboxylic acids is 1. The van der Waals surface area contributed by atoms with Crippen molar-refractivity contribution in [2.24, 2.45) is 0 Å². The van der Waals surface area contributed by atoms with E-state index in [1.807, 2.05) is 0 Å². The van der Waals surface area contributed by atoms with Crippen LogP contribution in [-0.4, -0.2) is 25.9 Å². The van der Waals surface area contributed by atoms with Gasteiger partial charge in [-0.1, -0.05) is 59.8 Å². The van der Waals surface area contributed by atoms with Crippen LogP contribution in [0.25, 0.3) is 17.1 Å². The Balaban J connectivity index is 1.70. The van der Waals surface area contributed by atoms with E-state index in [1.165, 1.54) is 28.8 Å². The van der Waals surface area contributed by atoms with Crippen LogP contribution in [0.3, 0.4) is 0 Å². The van der Waals surface area contributed by atoms with Crippen LogP contribution in [-0.2, 0) is 4.79 Å². The summed E-state index contributed by atoms with van der Waals surface area (Å²) in [5.74, 6) is -1.10. The maximum absolute atomic E-state index is 14.7. The fourth-order valence-electron chi connectivity index (χ4n) is 3.02. The second-order valence-corrected chi connectivity index (χ2v) is 8.52. The molecule has 1 heterocycles. The molecule has 0 bridgehead atoms. The van der Waals surface area contributed by atoms with Gasteiger partial charge in [0.05, 0.1) is 21.6 Å². The average molecular weight is 471 g/mol. The van der Waals surface area contributed by atoms with Gasteiger partial charge in [0.2, 0.25) is 5.91 Å². The lowest BCUT2D eigenvalue weighted by Crippen LogP contribution is -2.23. The fraction of sp³-hybridized carbons (Fsp3) is 0.0870. The van der Waals surface area contributed by atoms with E-state index in [0.29, 0.717) is 21.6 Å². The van der Waals surface area contributed by atoms with Gasteiger partial charge >= 0.3 is 0 Å². The molecule has 1 aromatic heterocycles. The number of carbonyl (C=O) groups is 1. The molecule has 1 atom stereocenters. The highest BCUT2D eigenvalue weighted by Gasteiger charge is 2.24. The van der Waals surface area contributed by atoms with E-state index < -0.39 is 22.8 Å². The maximum atomic E-state index is 14.7. The molecule has 3 aromatic carbocycles. The van der Waals surface area contributed by atoms with Crippen LogP contribution in [0.15, 0.2) is 78.0 Å². The molecule has 1 N–H and O–H groups in total. The number of thioether (sulfide) groups is 1. The molecule has 0 spiro atoms. The van der Waals surface area contributed by atoms with Crippen molar-refractivity contribution in [3.8, 4) is 17.1 Å². The molecule has 4 aromatic rings. The van der Waals surface area contributed by atoms with Crippen molar-refractivity contribution in [1.82, 2.24) is 14.8 Å². The number of hydrogen-bond donors (Lipinski definition) is 1. The van der Waals surface area contributed by atoms with Crippen molar-refractivity contribution in [3.63, 3.8) is 0 Å². The predicted molar refractivity (Wildman–Crippen MR) is 122 cm³/mol. The van der Waals surface area contributed by atoms with Gasteiger partial charge in [0.1, 0.15) is 11.6 Å². The molecule has 32 heavy (non-hydrogen) atoms. The van der Waals surface area contributed by atoms with E-state index in [2.05, 4.69) is 15.5 Å². The molecule has 0 radical (unpaired) electrons. The third kappa shape index (κ3) is 4.51. The minimum Gasteiger partial charge on any atom is -0.323 e. The van der Waals surface area contributed by atoms with E-state index in [0.717, 1.165) is 11.8 Å². The Morgan fingerprint density at radius 1 is 0.969 bits per heavy atom. The number of benzene rings is 3. The van der Waals surface area contributed by atoms with Crippen molar-refractivity contribution in [3.05, 3.63) is 89.5 Å². The van der Waals surface area contributed by atoms with Gasteiger partial charge in [-0.2, -0.15) is 0 Å². The molecular formula is C23H17ClF2N4OS. The number of nitrogens with zero attached hydrogens (tertiary/aromatic N) is 3. The van der Waals surface area contributed by atoms with Crippen LogP contribution in [0, 0.1) is 11.6 Å². The first-order valence-corrected chi connectivity index (χ1v) is 10.9. The molecule has 5 nitrogen and oxygen atoms in total. The Kier molecular flexibility index (Phi) is 6.53. The van der Waals surface area contributed by atoms with Gasteiger partial charge in [-0.3, -0.25) is 9.36 Å². The van der Waals surface area contributed by atoms with Gasteiger partial charge in [-0.15, -0.1) is 10.2 Å². The summed E-state index contributed by atoms with van der Waals surface area (Å²) in [6.07, 6.45) is 0. The second kappa shape index (κ2) is 9.50. The number of nitrogens with one attached hydrogen (secondary N) is 1. The molecular weight excluding hydrogens is 454 g/mol. The third-order valence-corrected chi connectivity index (χ3v) is 6.00. The van der Waals surface area contributed by atoms with Crippen LogP contribution in [0.1, 0.15) is 6.92 Å². The van der Waals surface area contributed by atoms with E-state index in [-0.39, 0.29) is 11.4 Å². The third-order valence-electron chi connectivity index (χ3n) is 4.62. The SMILES string of the molecule is CC(Sc1nnc(-c2ccccc2Cl)n1-c1ccccc1F)C(=O)Nc1ccccc1F. The zero-order valence-electron chi connectivity index (χ0n) is 16.8. The van der Waals surface area contributed by atoms with Crippen LogP contribution in [0.4, 0.5) is 14.5 Å². The molecule has 0 aliphatic rings. The summed E-state index contributed by atoms with van der Waals surface area (Å²) in [5.41, 5.74) is 0.870. The Hall–Kier alpha value is -3.23. The minimum atomic E-state index is -0.677. The molecule has 162 valence electrons. The van der Waals surface area contributed by atoms with Crippen molar-refractivity contribution >= 4 is 35.0 Å². The van der Waals surface area contributed by atoms with Crippen LogP contribution in [0.2, 0.25) is 5.02 Å². The summed E-state index contributed by atoms with van der Waals surface area (Å²) in [4.78, 5) is 12.7. The van der Waals surface area contributed by atoms with Crippen molar-refractivity contribution < 1.29 is 13.6 Å². The first kappa shape index (κ1) is 22.0. The number of amides is 1. The van der Waals surface area contributed by atoms with Gasteiger partial charge < -0.3 is 5.32 Å². The zero-order valence-corrected chi connectivity index (χ0v) is 18.4. The Morgan fingerprint density at radius 3 is 2.34 bits per heavy atom. The first-order chi connectivity index (χ1) is 15.5. The summed E-state index contributed by atoms with van der Waals surface area (Å²) in [6, 6.07) is 19.1. The second-order valence-electron chi connectivity index (χ2n) is 6.80. The summed E-state index contributed by atoms with van der Waals surface area (Å²) in [7, 11) is 0. The summed E-state index contributed by atoms with van der Waals surface area (Å²) in [5, 5.41) is 11.0. The van der Waals surface area contributed by atoms with E-state index in [9.17, 15) is 13.6 Å². The lowest BCUT2D eigenvalue weighted by molar-refractivity contribution is -0.115. The van der Waals surface area contributed by atoms with E-state index in [1.54, 1.807) is 55.5 Å². The fourth-order valence-corrected chi connectivity index (χ4v) is 4.10. The molecule has 1 unspecified atom stereocenters. The molecule has 0 saturated heterocycles. The van der Waals surface area contributed by atoms with Crippen LogP contribution < -0.4 is 5.32 Å². The largest absolute Gasteiger partial charge is 0.323 e. The molecule has 1 amide bonds. The molecule has 0 saturated carbocycles. The number of aromatic nitrogens is 3. The summed E-state index contributed by atoms with van der Waals surface area (Å²) < 4.78 is 30.1. The maximum Gasteiger partial charge on any atom is 0.237 e. The molecule has 4 rings (SSSR count). The summed E-state index contributed by atoms with van der Waals surface area (Å²) in [6.45, 7) is 1.65. The highest BCUT2D eigenvalue weighted by molar-refractivity contribution is 8.00. The van der Waals surface area contributed by atoms with Gasteiger partial charge in [-0.05, 0) is 43.3 Å². The van der Waals surface area contributed by atoms with E-state index in [4.69, 9.17) is 11.6 Å². The molecule has 0 aliphatic carbocycles. The monoisotopic (exact) mass is 470 g/mol. The standard InChI is InChI=1S/C23H17ClF2N4OS/c1-14(22(31)27-19-12-6-4-10-17(19)25)32-23-29-28-21(15-8-2-3-9-16(15)24)30(23)20-13-7-5-11-18(20)26/h2-14H,1H3,(H,27,31). The Morgan fingerprint density at radius 2 is 1.62 bits per heavy atom. The summed E-state index contributed by atoms with van der Waals surface area (Å²) >= 11 is 7.42. The Labute approximate surface area is 192 Å². The highest BCUT2D eigenvalue weighted by Crippen LogP contribution is 2.34. The number of anilines is 1. The van der Waals surface area contributed by atoms with Crippen molar-refractivity contribution in [2.75, 3.05) is 5.32 Å².